The summed E-state index contributed by atoms with van der Waals surface area (Å²) in [6, 6.07) is 13.2. The van der Waals surface area contributed by atoms with Crippen LogP contribution in [0, 0.1) is 16.0 Å². The summed E-state index contributed by atoms with van der Waals surface area (Å²) >= 11 is 5.86. The van der Waals surface area contributed by atoms with E-state index in [4.69, 9.17) is 16.3 Å². The summed E-state index contributed by atoms with van der Waals surface area (Å²) < 4.78 is 5.14. The Morgan fingerprint density at radius 1 is 1.17 bits per heavy atom. The maximum atomic E-state index is 12.3. The fourth-order valence-corrected chi connectivity index (χ4v) is 3.45. The molecule has 2 aromatic rings. The molecular weight excluding hydrogens is 398 g/mol. The zero-order valence-electron chi connectivity index (χ0n) is 15.5. The van der Waals surface area contributed by atoms with Gasteiger partial charge in [-0.25, -0.2) is 0 Å². The van der Waals surface area contributed by atoms with Crippen molar-refractivity contribution in [2.24, 2.45) is 5.92 Å². The van der Waals surface area contributed by atoms with Crippen molar-refractivity contribution in [3.63, 3.8) is 0 Å². The molecule has 2 aromatic carbocycles. The van der Waals surface area contributed by atoms with Crippen molar-refractivity contribution in [2.45, 2.75) is 12.8 Å². The molecule has 0 spiro atoms. The summed E-state index contributed by atoms with van der Waals surface area (Å²) in [7, 11) is 0. The number of ether oxygens (including phenoxy) is 1. The number of nitrogens with zero attached hydrogens (tertiary/aromatic N) is 2. The first-order valence-corrected chi connectivity index (χ1v) is 9.52. The van der Waals surface area contributed by atoms with Crippen LogP contribution < -0.4 is 10.2 Å². The zero-order chi connectivity index (χ0) is 20.8. The summed E-state index contributed by atoms with van der Waals surface area (Å²) in [5.74, 6) is -1.22. The SMILES string of the molecule is O=C(COC(=O)C1CCN(c2ccccc2[N+](=O)[O-])CC1)Nc1cccc(Cl)c1. The van der Waals surface area contributed by atoms with Crippen molar-refractivity contribution in [3.05, 3.63) is 63.7 Å². The Morgan fingerprint density at radius 3 is 2.59 bits per heavy atom. The molecular formula is C20H20ClN3O5. The highest BCUT2D eigenvalue weighted by Gasteiger charge is 2.29. The number of nitro groups is 1. The summed E-state index contributed by atoms with van der Waals surface area (Å²) in [6.07, 6.45) is 1.00. The molecule has 1 fully saturated rings. The van der Waals surface area contributed by atoms with Crippen molar-refractivity contribution >= 4 is 40.5 Å². The van der Waals surface area contributed by atoms with Crippen molar-refractivity contribution in [3.8, 4) is 0 Å². The molecule has 1 amide bonds. The van der Waals surface area contributed by atoms with Crippen LogP contribution in [0.4, 0.5) is 17.1 Å². The van der Waals surface area contributed by atoms with Gasteiger partial charge in [-0.15, -0.1) is 0 Å². The fraction of sp³-hybridized carbons (Fsp3) is 0.300. The smallest absolute Gasteiger partial charge is 0.309 e. The molecule has 0 aliphatic carbocycles. The molecule has 29 heavy (non-hydrogen) atoms. The van der Waals surface area contributed by atoms with Crippen LogP contribution >= 0.6 is 11.6 Å². The third-order valence-corrected chi connectivity index (χ3v) is 4.94. The summed E-state index contributed by atoms with van der Waals surface area (Å²) in [6.45, 7) is 0.619. The van der Waals surface area contributed by atoms with Crippen molar-refractivity contribution in [1.29, 1.82) is 0 Å². The molecule has 152 valence electrons. The van der Waals surface area contributed by atoms with Gasteiger partial charge in [0.1, 0.15) is 5.69 Å². The van der Waals surface area contributed by atoms with Gasteiger partial charge in [0.15, 0.2) is 6.61 Å². The van der Waals surface area contributed by atoms with Gasteiger partial charge in [-0.3, -0.25) is 19.7 Å². The number of amides is 1. The van der Waals surface area contributed by atoms with Gasteiger partial charge < -0.3 is 15.0 Å². The van der Waals surface area contributed by atoms with Crippen LogP contribution in [0.5, 0.6) is 0 Å². The predicted molar refractivity (Wildman–Crippen MR) is 109 cm³/mol. The number of piperidine rings is 1. The average molecular weight is 418 g/mol. The van der Waals surface area contributed by atoms with Gasteiger partial charge in [-0.2, -0.15) is 0 Å². The average Bonchev–Trinajstić information content (AvgIpc) is 2.72. The minimum atomic E-state index is -0.446. The predicted octanol–water partition coefficient (Wildman–Crippen LogP) is 3.65. The largest absolute Gasteiger partial charge is 0.455 e. The first-order chi connectivity index (χ1) is 13.9. The molecule has 0 saturated carbocycles. The van der Waals surface area contributed by atoms with E-state index in [2.05, 4.69) is 5.32 Å². The Labute approximate surface area is 172 Å². The van der Waals surface area contributed by atoms with Crippen LogP contribution in [0.3, 0.4) is 0 Å². The van der Waals surface area contributed by atoms with E-state index in [0.717, 1.165) is 0 Å². The van der Waals surface area contributed by atoms with Gasteiger partial charge in [-0.1, -0.05) is 29.8 Å². The van der Waals surface area contributed by atoms with E-state index in [9.17, 15) is 19.7 Å². The molecule has 1 aliphatic heterocycles. The monoisotopic (exact) mass is 417 g/mol. The number of nitrogens with one attached hydrogen (secondary N) is 1. The Bertz CT molecular complexity index is 912. The molecule has 0 bridgehead atoms. The molecule has 1 saturated heterocycles. The molecule has 1 heterocycles. The van der Waals surface area contributed by atoms with Crippen LogP contribution in [-0.4, -0.2) is 36.5 Å². The normalized spacial score (nSPS) is 14.3. The van der Waals surface area contributed by atoms with Gasteiger partial charge in [0.05, 0.1) is 10.8 Å². The fourth-order valence-electron chi connectivity index (χ4n) is 3.26. The lowest BCUT2D eigenvalue weighted by molar-refractivity contribution is -0.384. The highest BCUT2D eigenvalue weighted by Crippen LogP contribution is 2.31. The Morgan fingerprint density at radius 2 is 1.90 bits per heavy atom. The van der Waals surface area contributed by atoms with Gasteiger partial charge >= 0.3 is 5.97 Å². The van der Waals surface area contributed by atoms with E-state index < -0.39 is 16.8 Å². The maximum Gasteiger partial charge on any atom is 0.309 e. The number of rotatable bonds is 6. The lowest BCUT2D eigenvalue weighted by Crippen LogP contribution is -2.37. The third-order valence-electron chi connectivity index (χ3n) is 4.70. The van der Waals surface area contributed by atoms with Crippen LogP contribution in [0.2, 0.25) is 5.02 Å². The second kappa shape index (κ2) is 9.38. The Balaban J connectivity index is 1.48. The number of nitro benzene ring substituents is 1. The number of benzene rings is 2. The van der Waals surface area contributed by atoms with Crippen LogP contribution in [0.25, 0.3) is 0 Å². The van der Waals surface area contributed by atoms with E-state index in [0.29, 0.717) is 42.3 Å². The number of hydrogen-bond acceptors (Lipinski definition) is 6. The molecule has 1 aliphatic rings. The van der Waals surface area contributed by atoms with E-state index in [1.807, 2.05) is 4.90 Å². The Hall–Kier alpha value is -3.13. The highest BCUT2D eigenvalue weighted by atomic mass is 35.5. The molecule has 0 radical (unpaired) electrons. The second-order valence-electron chi connectivity index (χ2n) is 6.67. The Kier molecular flexibility index (Phi) is 6.66. The van der Waals surface area contributed by atoms with Crippen molar-refractivity contribution in [1.82, 2.24) is 0 Å². The molecule has 1 N–H and O–H groups in total. The summed E-state index contributed by atoms with van der Waals surface area (Å²) in [5.41, 5.74) is 1.12. The van der Waals surface area contributed by atoms with Crippen molar-refractivity contribution in [2.75, 3.05) is 29.9 Å². The first-order valence-electron chi connectivity index (χ1n) is 9.14. The third kappa shape index (κ3) is 5.45. The van der Waals surface area contributed by atoms with Crippen LogP contribution in [0.1, 0.15) is 12.8 Å². The number of anilines is 2. The zero-order valence-corrected chi connectivity index (χ0v) is 16.3. The summed E-state index contributed by atoms with van der Waals surface area (Å²) in [5, 5.41) is 14.3. The lowest BCUT2D eigenvalue weighted by atomic mass is 9.96. The number of hydrogen-bond donors (Lipinski definition) is 1. The quantitative estimate of drug-likeness (QED) is 0.437. The van der Waals surface area contributed by atoms with Crippen molar-refractivity contribution < 1.29 is 19.2 Å². The maximum absolute atomic E-state index is 12.3. The topological polar surface area (TPSA) is 102 Å². The number of esters is 1. The number of halogens is 1. The lowest BCUT2D eigenvalue weighted by Gasteiger charge is -2.32. The molecule has 8 nitrogen and oxygen atoms in total. The molecule has 0 aromatic heterocycles. The first kappa shape index (κ1) is 20.6. The molecule has 3 rings (SSSR count). The minimum Gasteiger partial charge on any atom is -0.455 e. The van der Waals surface area contributed by atoms with E-state index in [1.54, 1.807) is 42.5 Å². The minimum absolute atomic E-state index is 0.0474. The molecule has 9 heteroatoms. The van der Waals surface area contributed by atoms with E-state index in [1.165, 1.54) is 6.07 Å². The number of carbonyl (C=O) groups excluding carboxylic acids is 2. The van der Waals surface area contributed by atoms with Gasteiger partial charge in [-0.05, 0) is 37.1 Å². The molecule has 0 atom stereocenters. The van der Waals surface area contributed by atoms with Gasteiger partial charge in [0, 0.05) is 29.9 Å². The summed E-state index contributed by atoms with van der Waals surface area (Å²) in [4.78, 5) is 36.9. The van der Waals surface area contributed by atoms with Gasteiger partial charge in [0.2, 0.25) is 0 Å². The van der Waals surface area contributed by atoms with E-state index in [-0.39, 0.29) is 18.2 Å². The van der Waals surface area contributed by atoms with Crippen LogP contribution in [-0.2, 0) is 14.3 Å². The van der Waals surface area contributed by atoms with Crippen LogP contribution in [0.15, 0.2) is 48.5 Å². The number of para-hydroxylation sites is 2. The standard InChI is InChI=1S/C20H20ClN3O5/c21-15-4-3-5-16(12-15)22-19(25)13-29-20(26)14-8-10-23(11-9-14)17-6-1-2-7-18(17)24(27)28/h1-7,12,14H,8-11,13H2,(H,22,25). The second-order valence-corrected chi connectivity index (χ2v) is 7.11. The number of carbonyl (C=O) groups is 2. The van der Waals surface area contributed by atoms with Gasteiger partial charge in [0.25, 0.3) is 11.6 Å². The van der Waals surface area contributed by atoms with E-state index >= 15 is 0 Å². The molecule has 0 unspecified atom stereocenters. The highest BCUT2D eigenvalue weighted by molar-refractivity contribution is 6.30.